The normalized spacial score (nSPS) is 19.3. The standard InChI is InChI=1S/C20H22N6OS/c27-20(13-28-18-5-8-21-9-6-18)25-16-1-3-17(4-2-16)26-12-15(11-24-26)19-7-10-22-14-23-19/h5-12,14,16-17H,1-4,13H2,(H,25,27). The summed E-state index contributed by atoms with van der Waals surface area (Å²) < 4.78 is 2.04. The van der Waals surface area contributed by atoms with Gasteiger partial charge >= 0.3 is 0 Å². The van der Waals surface area contributed by atoms with Gasteiger partial charge in [0.25, 0.3) is 0 Å². The minimum Gasteiger partial charge on any atom is -0.353 e. The number of amides is 1. The van der Waals surface area contributed by atoms with Gasteiger partial charge in [0.15, 0.2) is 0 Å². The number of nitrogens with one attached hydrogen (secondary N) is 1. The van der Waals surface area contributed by atoms with Crippen molar-refractivity contribution in [1.82, 2.24) is 30.0 Å². The van der Waals surface area contributed by atoms with E-state index >= 15 is 0 Å². The van der Waals surface area contributed by atoms with Crippen molar-refractivity contribution in [2.45, 2.75) is 42.7 Å². The van der Waals surface area contributed by atoms with E-state index in [1.165, 1.54) is 11.8 Å². The summed E-state index contributed by atoms with van der Waals surface area (Å²) in [5.41, 5.74) is 1.89. The lowest BCUT2D eigenvalue weighted by Gasteiger charge is -2.29. The Labute approximate surface area is 168 Å². The molecule has 7 nitrogen and oxygen atoms in total. The highest BCUT2D eigenvalue weighted by atomic mass is 32.2. The second-order valence-electron chi connectivity index (χ2n) is 6.85. The lowest BCUT2D eigenvalue weighted by Crippen LogP contribution is -2.38. The first-order valence-corrected chi connectivity index (χ1v) is 10.4. The number of hydrogen-bond acceptors (Lipinski definition) is 6. The maximum Gasteiger partial charge on any atom is 0.230 e. The van der Waals surface area contributed by atoms with Crippen molar-refractivity contribution >= 4 is 17.7 Å². The van der Waals surface area contributed by atoms with Crippen molar-refractivity contribution in [3.05, 3.63) is 55.5 Å². The second-order valence-corrected chi connectivity index (χ2v) is 7.90. The van der Waals surface area contributed by atoms with Crippen LogP contribution >= 0.6 is 11.8 Å². The highest BCUT2D eigenvalue weighted by Gasteiger charge is 2.24. The Kier molecular flexibility index (Phi) is 5.96. The van der Waals surface area contributed by atoms with Gasteiger partial charge in [0.2, 0.25) is 5.91 Å². The van der Waals surface area contributed by atoms with E-state index in [1.54, 1.807) is 24.9 Å². The fourth-order valence-electron chi connectivity index (χ4n) is 3.47. The number of carbonyl (C=O) groups is 1. The largest absolute Gasteiger partial charge is 0.353 e. The fourth-order valence-corrected chi connectivity index (χ4v) is 4.16. The summed E-state index contributed by atoms with van der Waals surface area (Å²) in [6, 6.07) is 6.34. The average molecular weight is 395 g/mol. The molecular weight excluding hydrogens is 372 g/mol. The van der Waals surface area contributed by atoms with Crippen LogP contribution in [0, 0.1) is 0 Å². The molecule has 3 heterocycles. The van der Waals surface area contributed by atoms with E-state index in [0.717, 1.165) is 41.8 Å². The Hall–Kier alpha value is -2.74. The Morgan fingerprint density at radius 3 is 2.64 bits per heavy atom. The molecule has 1 N–H and O–H groups in total. The molecule has 4 rings (SSSR count). The molecule has 1 aliphatic rings. The number of aromatic nitrogens is 5. The molecule has 3 aromatic heterocycles. The van der Waals surface area contributed by atoms with E-state index in [4.69, 9.17) is 0 Å². The highest BCUT2D eigenvalue weighted by molar-refractivity contribution is 8.00. The molecule has 1 saturated carbocycles. The van der Waals surface area contributed by atoms with Crippen molar-refractivity contribution in [2.75, 3.05) is 5.75 Å². The van der Waals surface area contributed by atoms with Crippen LogP contribution < -0.4 is 5.32 Å². The first kappa shape index (κ1) is 18.6. The lowest BCUT2D eigenvalue weighted by molar-refractivity contribution is -0.119. The van der Waals surface area contributed by atoms with Crippen molar-refractivity contribution in [3.8, 4) is 11.3 Å². The van der Waals surface area contributed by atoms with Crippen molar-refractivity contribution in [2.24, 2.45) is 0 Å². The molecule has 8 heteroatoms. The van der Waals surface area contributed by atoms with Crippen LogP contribution in [0.3, 0.4) is 0 Å². The molecule has 1 aliphatic carbocycles. The summed E-state index contributed by atoms with van der Waals surface area (Å²) in [4.78, 5) is 25.5. The molecule has 1 fully saturated rings. The first-order valence-electron chi connectivity index (χ1n) is 9.40. The number of thioether (sulfide) groups is 1. The van der Waals surface area contributed by atoms with Crippen LogP contribution in [0.4, 0.5) is 0 Å². The minimum atomic E-state index is 0.0930. The van der Waals surface area contributed by atoms with E-state index in [9.17, 15) is 4.79 Å². The van der Waals surface area contributed by atoms with Gasteiger partial charge in [0.1, 0.15) is 6.33 Å². The van der Waals surface area contributed by atoms with E-state index in [2.05, 4.69) is 31.6 Å². The first-order chi connectivity index (χ1) is 13.8. The zero-order valence-corrected chi connectivity index (χ0v) is 16.3. The number of carbonyl (C=O) groups excluding carboxylic acids is 1. The fraction of sp³-hybridized carbons (Fsp3) is 0.350. The molecular formula is C20H22N6OS. The molecule has 0 spiro atoms. The zero-order valence-electron chi connectivity index (χ0n) is 15.4. The second kappa shape index (κ2) is 8.97. The third-order valence-corrected chi connectivity index (χ3v) is 5.95. The van der Waals surface area contributed by atoms with Gasteiger partial charge in [-0.25, -0.2) is 9.97 Å². The van der Waals surface area contributed by atoms with E-state index < -0.39 is 0 Å². The summed E-state index contributed by atoms with van der Waals surface area (Å²) in [6.07, 6.45) is 14.6. The molecule has 0 bridgehead atoms. The highest BCUT2D eigenvalue weighted by Crippen LogP contribution is 2.29. The zero-order chi connectivity index (χ0) is 19.2. The summed E-state index contributed by atoms with van der Waals surface area (Å²) in [5, 5.41) is 7.70. The average Bonchev–Trinajstić information content (AvgIpc) is 3.25. The molecule has 3 aromatic rings. The Morgan fingerprint density at radius 1 is 1.11 bits per heavy atom. The van der Waals surface area contributed by atoms with Gasteiger partial charge in [0.05, 0.1) is 23.7 Å². The van der Waals surface area contributed by atoms with Crippen LogP contribution in [0.25, 0.3) is 11.3 Å². The topological polar surface area (TPSA) is 85.6 Å². The van der Waals surface area contributed by atoms with Crippen molar-refractivity contribution in [3.63, 3.8) is 0 Å². The maximum atomic E-state index is 12.2. The number of rotatable bonds is 6. The summed E-state index contributed by atoms with van der Waals surface area (Å²) in [5.74, 6) is 0.529. The van der Waals surface area contributed by atoms with E-state index in [0.29, 0.717) is 11.8 Å². The minimum absolute atomic E-state index is 0.0930. The predicted octanol–water partition coefficient (Wildman–Crippen LogP) is 3.13. The Morgan fingerprint density at radius 2 is 1.89 bits per heavy atom. The molecule has 1 amide bonds. The van der Waals surface area contributed by atoms with Crippen LogP contribution in [0.2, 0.25) is 0 Å². The molecule has 0 unspecified atom stereocenters. The van der Waals surface area contributed by atoms with Crippen molar-refractivity contribution in [1.29, 1.82) is 0 Å². The number of pyridine rings is 1. The van der Waals surface area contributed by atoms with Crippen LogP contribution in [-0.2, 0) is 4.79 Å². The SMILES string of the molecule is O=C(CSc1ccncc1)NC1CCC(n2cc(-c3ccncn3)cn2)CC1. The third kappa shape index (κ3) is 4.75. The van der Waals surface area contributed by atoms with Crippen LogP contribution in [0.1, 0.15) is 31.7 Å². The predicted molar refractivity (Wildman–Crippen MR) is 108 cm³/mol. The van der Waals surface area contributed by atoms with Gasteiger partial charge in [0, 0.05) is 41.3 Å². The molecule has 28 heavy (non-hydrogen) atoms. The summed E-state index contributed by atoms with van der Waals surface area (Å²) >= 11 is 1.54. The van der Waals surface area contributed by atoms with E-state index in [1.807, 2.05) is 29.1 Å². The Balaban J connectivity index is 1.24. The quantitative estimate of drug-likeness (QED) is 0.647. The van der Waals surface area contributed by atoms with Gasteiger partial charge in [-0.3, -0.25) is 14.5 Å². The molecule has 0 radical (unpaired) electrons. The monoisotopic (exact) mass is 394 g/mol. The van der Waals surface area contributed by atoms with Gasteiger partial charge in [-0.15, -0.1) is 11.8 Å². The van der Waals surface area contributed by atoms with Crippen LogP contribution in [0.5, 0.6) is 0 Å². The number of nitrogens with zero attached hydrogens (tertiary/aromatic N) is 5. The van der Waals surface area contributed by atoms with Crippen molar-refractivity contribution < 1.29 is 4.79 Å². The third-order valence-electron chi connectivity index (χ3n) is 4.93. The Bertz CT molecular complexity index is 893. The molecule has 144 valence electrons. The lowest BCUT2D eigenvalue weighted by atomic mass is 9.91. The molecule has 0 aromatic carbocycles. The molecule has 0 aliphatic heterocycles. The molecule has 0 atom stereocenters. The van der Waals surface area contributed by atoms with Crippen LogP contribution in [-0.4, -0.2) is 42.4 Å². The van der Waals surface area contributed by atoms with E-state index in [-0.39, 0.29) is 11.9 Å². The van der Waals surface area contributed by atoms with Gasteiger partial charge < -0.3 is 5.32 Å². The summed E-state index contributed by atoms with van der Waals surface area (Å²) in [7, 11) is 0. The summed E-state index contributed by atoms with van der Waals surface area (Å²) in [6.45, 7) is 0. The smallest absolute Gasteiger partial charge is 0.230 e. The molecule has 0 saturated heterocycles. The van der Waals surface area contributed by atoms with Gasteiger partial charge in [-0.2, -0.15) is 5.10 Å². The maximum absolute atomic E-state index is 12.2. The van der Waals surface area contributed by atoms with Gasteiger partial charge in [-0.1, -0.05) is 0 Å². The van der Waals surface area contributed by atoms with Gasteiger partial charge in [-0.05, 0) is 43.9 Å². The number of hydrogen-bond donors (Lipinski definition) is 1. The van der Waals surface area contributed by atoms with Crippen LogP contribution in [0.15, 0.2) is 60.4 Å².